The van der Waals surface area contributed by atoms with Crippen molar-refractivity contribution in [2.24, 2.45) is 11.7 Å². The molecule has 2 rings (SSSR count). The number of hydrogen-bond acceptors (Lipinski definition) is 3. The molecule has 2 nitrogen and oxygen atoms in total. The molecule has 2 N–H and O–H groups in total. The lowest BCUT2D eigenvalue weighted by atomic mass is 9.93. The van der Waals surface area contributed by atoms with Crippen LogP contribution in [0.3, 0.4) is 0 Å². The third-order valence-corrected chi connectivity index (χ3v) is 4.30. The van der Waals surface area contributed by atoms with Gasteiger partial charge in [0.15, 0.2) is 0 Å². The lowest BCUT2D eigenvalue weighted by molar-refractivity contribution is 0.118. The summed E-state index contributed by atoms with van der Waals surface area (Å²) in [6.45, 7) is 2.78. The van der Waals surface area contributed by atoms with Gasteiger partial charge in [-0.3, -0.25) is 0 Å². The highest BCUT2D eigenvalue weighted by molar-refractivity contribution is 7.20. The summed E-state index contributed by atoms with van der Waals surface area (Å²) in [7, 11) is 0. The zero-order valence-electron chi connectivity index (χ0n) is 8.37. The quantitative estimate of drug-likeness (QED) is 0.889. The average molecular weight is 266 g/mol. The summed E-state index contributed by atoms with van der Waals surface area (Å²) in [4.78, 5) is 0. The second-order valence-electron chi connectivity index (χ2n) is 3.95. The predicted octanol–water partition coefficient (Wildman–Crippen LogP) is 3.48. The van der Waals surface area contributed by atoms with Crippen LogP contribution in [0.1, 0.15) is 24.9 Å². The van der Waals surface area contributed by atoms with Gasteiger partial charge in [0.25, 0.3) is 0 Å². The molecule has 1 aliphatic rings. The second kappa shape index (κ2) is 4.60. The maximum absolute atomic E-state index is 6.16. The molecular formula is C10H13Cl2NOS. The Bertz CT molecular complexity index is 355. The van der Waals surface area contributed by atoms with Crippen molar-refractivity contribution in [3.63, 3.8) is 0 Å². The van der Waals surface area contributed by atoms with Crippen molar-refractivity contribution in [2.45, 2.75) is 25.5 Å². The standard InChI is InChI=1S/C10H13Cl2NOS/c1-5-2-6(4-14-5)9(13)7-3-8(11)15-10(7)12/h3,5-6,9H,2,4,13H2,1H3. The van der Waals surface area contributed by atoms with E-state index in [4.69, 9.17) is 33.7 Å². The maximum Gasteiger partial charge on any atom is 0.0992 e. The van der Waals surface area contributed by atoms with E-state index in [1.807, 2.05) is 6.07 Å². The lowest BCUT2D eigenvalue weighted by Gasteiger charge is -2.16. The number of nitrogens with two attached hydrogens (primary N) is 1. The molecule has 2 heterocycles. The first-order valence-electron chi connectivity index (χ1n) is 4.90. The van der Waals surface area contributed by atoms with Gasteiger partial charge in [0.05, 0.1) is 21.4 Å². The molecule has 0 saturated carbocycles. The molecule has 1 fully saturated rings. The number of thiophene rings is 1. The van der Waals surface area contributed by atoms with Crippen molar-refractivity contribution in [1.82, 2.24) is 0 Å². The molecule has 84 valence electrons. The Morgan fingerprint density at radius 2 is 2.33 bits per heavy atom. The van der Waals surface area contributed by atoms with E-state index >= 15 is 0 Å². The van der Waals surface area contributed by atoms with Gasteiger partial charge in [0, 0.05) is 17.5 Å². The van der Waals surface area contributed by atoms with E-state index in [0.717, 1.165) is 12.0 Å². The van der Waals surface area contributed by atoms with Gasteiger partial charge in [-0.1, -0.05) is 23.2 Å². The largest absolute Gasteiger partial charge is 0.378 e. The first kappa shape index (κ1) is 11.7. The Morgan fingerprint density at radius 1 is 1.60 bits per heavy atom. The Hall–Kier alpha value is 0.200. The van der Waals surface area contributed by atoms with E-state index in [9.17, 15) is 0 Å². The zero-order chi connectivity index (χ0) is 11.0. The minimum absolute atomic E-state index is 0.0637. The Morgan fingerprint density at radius 3 is 2.80 bits per heavy atom. The molecule has 0 aliphatic carbocycles. The predicted molar refractivity (Wildman–Crippen MR) is 64.8 cm³/mol. The Labute approximate surface area is 103 Å². The highest BCUT2D eigenvalue weighted by atomic mass is 35.5. The van der Waals surface area contributed by atoms with Crippen LogP contribution in [-0.2, 0) is 4.74 Å². The van der Waals surface area contributed by atoms with Crippen LogP contribution in [0.25, 0.3) is 0 Å². The molecule has 0 bridgehead atoms. The first-order chi connectivity index (χ1) is 7.08. The number of ether oxygens (including phenoxy) is 1. The molecule has 0 aromatic carbocycles. The molecular weight excluding hydrogens is 253 g/mol. The minimum atomic E-state index is -0.0637. The summed E-state index contributed by atoms with van der Waals surface area (Å²) in [5.74, 6) is 0.350. The van der Waals surface area contributed by atoms with Crippen molar-refractivity contribution < 1.29 is 4.74 Å². The summed E-state index contributed by atoms with van der Waals surface area (Å²) in [6.07, 6.45) is 1.29. The molecule has 15 heavy (non-hydrogen) atoms. The zero-order valence-corrected chi connectivity index (χ0v) is 10.7. The molecule has 1 aromatic heterocycles. The van der Waals surface area contributed by atoms with Crippen LogP contribution in [0, 0.1) is 5.92 Å². The molecule has 1 aromatic rings. The molecule has 1 saturated heterocycles. The Balaban J connectivity index is 2.13. The number of hydrogen-bond donors (Lipinski definition) is 1. The van der Waals surface area contributed by atoms with E-state index in [1.54, 1.807) is 0 Å². The fourth-order valence-corrected chi connectivity index (χ4v) is 3.50. The summed E-state index contributed by atoms with van der Waals surface area (Å²) in [5.41, 5.74) is 7.11. The van der Waals surface area contributed by atoms with Crippen LogP contribution < -0.4 is 5.73 Å². The van der Waals surface area contributed by atoms with Gasteiger partial charge in [-0.15, -0.1) is 11.3 Å². The topological polar surface area (TPSA) is 35.2 Å². The van der Waals surface area contributed by atoms with Crippen molar-refractivity contribution in [3.8, 4) is 0 Å². The highest BCUT2D eigenvalue weighted by Gasteiger charge is 2.30. The molecule has 3 unspecified atom stereocenters. The van der Waals surface area contributed by atoms with Crippen LogP contribution in [-0.4, -0.2) is 12.7 Å². The van der Waals surface area contributed by atoms with Gasteiger partial charge in [-0.05, 0) is 19.4 Å². The summed E-state index contributed by atoms with van der Waals surface area (Å²) < 4.78 is 6.90. The number of halogens is 2. The normalized spacial score (nSPS) is 28.3. The van der Waals surface area contributed by atoms with Crippen LogP contribution in [0.4, 0.5) is 0 Å². The molecule has 1 aliphatic heterocycles. The van der Waals surface area contributed by atoms with Crippen molar-refractivity contribution >= 4 is 34.5 Å². The van der Waals surface area contributed by atoms with Crippen molar-refractivity contribution in [3.05, 3.63) is 20.3 Å². The monoisotopic (exact) mass is 265 g/mol. The lowest BCUT2D eigenvalue weighted by Crippen LogP contribution is -2.21. The second-order valence-corrected chi connectivity index (χ2v) is 6.23. The maximum atomic E-state index is 6.16. The summed E-state index contributed by atoms with van der Waals surface area (Å²) in [5, 5.41) is 0. The molecule has 0 spiro atoms. The van der Waals surface area contributed by atoms with Crippen LogP contribution in [0.5, 0.6) is 0 Å². The van der Waals surface area contributed by atoms with Gasteiger partial charge >= 0.3 is 0 Å². The van der Waals surface area contributed by atoms with Crippen molar-refractivity contribution in [1.29, 1.82) is 0 Å². The van der Waals surface area contributed by atoms with E-state index in [-0.39, 0.29) is 6.04 Å². The SMILES string of the molecule is CC1CC(C(N)c2cc(Cl)sc2Cl)CO1. The van der Waals surface area contributed by atoms with E-state index in [2.05, 4.69) is 6.92 Å². The molecule has 3 atom stereocenters. The van der Waals surface area contributed by atoms with E-state index in [0.29, 0.717) is 27.3 Å². The van der Waals surface area contributed by atoms with Gasteiger partial charge in [0.1, 0.15) is 0 Å². The van der Waals surface area contributed by atoms with Gasteiger partial charge in [0.2, 0.25) is 0 Å². The fraction of sp³-hybridized carbons (Fsp3) is 0.600. The third kappa shape index (κ3) is 2.48. The van der Waals surface area contributed by atoms with E-state index < -0.39 is 0 Å². The van der Waals surface area contributed by atoms with Crippen LogP contribution in [0.2, 0.25) is 8.67 Å². The molecule has 0 amide bonds. The van der Waals surface area contributed by atoms with Crippen LogP contribution >= 0.6 is 34.5 Å². The van der Waals surface area contributed by atoms with Gasteiger partial charge in [-0.2, -0.15) is 0 Å². The van der Waals surface area contributed by atoms with E-state index in [1.165, 1.54) is 11.3 Å². The van der Waals surface area contributed by atoms with Crippen molar-refractivity contribution in [2.75, 3.05) is 6.61 Å². The summed E-state index contributed by atoms with van der Waals surface area (Å²) in [6, 6.07) is 1.80. The van der Waals surface area contributed by atoms with Gasteiger partial charge < -0.3 is 10.5 Å². The smallest absolute Gasteiger partial charge is 0.0992 e. The highest BCUT2D eigenvalue weighted by Crippen LogP contribution is 2.39. The Kier molecular flexibility index (Phi) is 3.58. The van der Waals surface area contributed by atoms with Crippen LogP contribution in [0.15, 0.2) is 6.07 Å². The molecule has 0 radical (unpaired) electrons. The minimum Gasteiger partial charge on any atom is -0.378 e. The molecule has 5 heteroatoms. The average Bonchev–Trinajstić information content (AvgIpc) is 2.71. The fourth-order valence-electron chi connectivity index (χ4n) is 1.93. The number of rotatable bonds is 2. The first-order valence-corrected chi connectivity index (χ1v) is 6.47. The third-order valence-electron chi connectivity index (χ3n) is 2.78. The summed E-state index contributed by atoms with van der Waals surface area (Å²) >= 11 is 13.3. The van der Waals surface area contributed by atoms with Gasteiger partial charge in [-0.25, -0.2) is 0 Å².